The molecule has 17 heavy (non-hydrogen) atoms. The smallest absolute Gasteiger partial charge is 0.315 e. The molecule has 94 valence electrons. The number of aromatic nitrogens is 2. The molecular weight excluding hydrogens is 232 g/mol. The molecule has 0 aliphatic carbocycles. The van der Waals surface area contributed by atoms with Crippen LogP contribution in [0.2, 0.25) is 0 Å². The highest BCUT2D eigenvalue weighted by molar-refractivity contribution is 5.92. The molecule has 0 aromatic carbocycles. The first kappa shape index (κ1) is 12.0. The lowest BCUT2D eigenvalue weighted by molar-refractivity contribution is -0.126. The van der Waals surface area contributed by atoms with Crippen LogP contribution in [0.4, 0.5) is 14.5 Å². The van der Waals surface area contributed by atoms with Crippen LogP contribution in [0.5, 0.6) is 0 Å². The van der Waals surface area contributed by atoms with E-state index in [0.717, 1.165) is 19.4 Å². The monoisotopic (exact) mass is 245 g/mol. The molecule has 0 bridgehead atoms. The van der Waals surface area contributed by atoms with E-state index in [1.807, 2.05) is 0 Å². The van der Waals surface area contributed by atoms with E-state index >= 15 is 0 Å². The minimum absolute atomic E-state index is 0.119. The van der Waals surface area contributed by atoms with E-state index in [9.17, 15) is 13.6 Å². The summed E-state index contributed by atoms with van der Waals surface area (Å²) in [5, 5.41) is 6.04. The maximum absolute atomic E-state index is 12.0. The summed E-state index contributed by atoms with van der Waals surface area (Å²) in [5.41, 5.74) is 0.272. The normalized spacial score (nSPS) is 19.8. The number of hydrogen-bond donors (Lipinski definition) is 1. The first-order valence-electron chi connectivity index (χ1n) is 5.38. The van der Waals surface area contributed by atoms with Crippen molar-refractivity contribution < 1.29 is 18.3 Å². The van der Waals surface area contributed by atoms with Crippen molar-refractivity contribution in [2.45, 2.75) is 31.9 Å². The van der Waals surface area contributed by atoms with Gasteiger partial charge in [-0.05, 0) is 12.8 Å². The van der Waals surface area contributed by atoms with Gasteiger partial charge in [0, 0.05) is 12.8 Å². The predicted octanol–water partition coefficient (Wildman–Crippen LogP) is 1.27. The fourth-order valence-corrected chi connectivity index (χ4v) is 1.72. The molecule has 1 aromatic heterocycles. The number of ether oxygens (including phenoxy) is 1. The number of alkyl halides is 2. The molecule has 1 amide bonds. The standard InChI is InChI=1S/C10H13F2N3O2/c11-9(12)10(16)14-7-4-13-15(5-7)6-8-2-1-3-17-8/h4-5,8-9H,1-3,6H2,(H,14,16). The third kappa shape index (κ3) is 3.23. The number of rotatable bonds is 4. The Morgan fingerprint density at radius 3 is 3.18 bits per heavy atom. The Labute approximate surface area is 96.7 Å². The van der Waals surface area contributed by atoms with Gasteiger partial charge in [0.1, 0.15) is 0 Å². The first-order valence-corrected chi connectivity index (χ1v) is 5.38. The molecule has 1 N–H and O–H groups in total. The fourth-order valence-electron chi connectivity index (χ4n) is 1.72. The highest BCUT2D eigenvalue weighted by Gasteiger charge is 2.18. The summed E-state index contributed by atoms with van der Waals surface area (Å²) in [6.45, 7) is 1.32. The molecule has 1 aliphatic heterocycles. The predicted molar refractivity (Wildman–Crippen MR) is 55.8 cm³/mol. The number of nitrogens with one attached hydrogen (secondary N) is 1. The van der Waals surface area contributed by atoms with Crippen LogP contribution in [-0.2, 0) is 16.1 Å². The van der Waals surface area contributed by atoms with Crippen LogP contribution in [0.3, 0.4) is 0 Å². The lowest BCUT2D eigenvalue weighted by Crippen LogP contribution is -2.19. The van der Waals surface area contributed by atoms with Crippen LogP contribution in [0.1, 0.15) is 12.8 Å². The molecule has 7 heteroatoms. The van der Waals surface area contributed by atoms with E-state index in [4.69, 9.17) is 4.74 Å². The molecule has 1 fully saturated rings. The SMILES string of the molecule is O=C(Nc1cnn(CC2CCCO2)c1)C(F)F. The molecule has 2 rings (SSSR count). The second-order valence-electron chi connectivity index (χ2n) is 3.88. The summed E-state index contributed by atoms with van der Waals surface area (Å²) in [7, 11) is 0. The van der Waals surface area contributed by atoms with Crippen LogP contribution < -0.4 is 5.32 Å². The molecular formula is C10H13F2N3O2. The zero-order chi connectivity index (χ0) is 12.3. The summed E-state index contributed by atoms with van der Waals surface area (Å²) in [5.74, 6) is -1.32. The van der Waals surface area contributed by atoms with Crippen molar-refractivity contribution in [3.05, 3.63) is 12.4 Å². The van der Waals surface area contributed by atoms with E-state index in [2.05, 4.69) is 10.4 Å². The number of carbonyl (C=O) groups excluding carboxylic acids is 1. The topological polar surface area (TPSA) is 56.2 Å². The molecule has 0 radical (unpaired) electrons. The van der Waals surface area contributed by atoms with Crippen molar-refractivity contribution in [3.63, 3.8) is 0 Å². The molecule has 0 saturated carbocycles. The maximum Gasteiger partial charge on any atom is 0.315 e. The minimum atomic E-state index is -3.02. The molecule has 1 aliphatic rings. The van der Waals surface area contributed by atoms with Crippen LogP contribution in [0.25, 0.3) is 0 Å². The largest absolute Gasteiger partial charge is 0.376 e. The molecule has 1 aromatic rings. The lowest BCUT2D eigenvalue weighted by Gasteiger charge is -2.08. The molecule has 1 saturated heterocycles. The number of amides is 1. The van der Waals surface area contributed by atoms with Gasteiger partial charge in [0.2, 0.25) is 0 Å². The van der Waals surface area contributed by atoms with Crippen LogP contribution in [0, 0.1) is 0 Å². The number of nitrogens with zero attached hydrogens (tertiary/aromatic N) is 2. The third-order valence-corrected chi connectivity index (χ3v) is 2.51. The molecule has 0 spiro atoms. The van der Waals surface area contributed by atoms with Gasteiger partial charge >= 0.3 is 6.43 Å². The fraction of sp³-hybridized carbons (Fsp3) is 0.600. The second-order valence-corrected chi connectivity index (χ2v) is 3.88. The Kier molecular flexibility index (Phi) is 3.68. The minimum Gasteiger partial charge on any atom is -0.376 e. The van der Waals surface area contributed by atoms with Crippen molar-refractivity contribution in [1.29, 1.82) is 0 Å². The summed E-state index contributed by atoms with van der Waals surface area (Å²) in [6, 6.07) is 0. The van der Waals surface area contributed by atoms with Crippen LogP contribution >= 0.6 is 0 Å². The number of halogens is 2. The van der Waals surface area contributed by atoms with E-state index in [1.165, 1.54) is 12.4 Å². The summed E-state index contributed by atoms with van der Waals surface area (Å²) < 4.78 is 31.0. The van der Waals surface area contributed by atoms with Gasteiger partial charge in [-0.3, -0.25) is 9.48 Å². The second kappa shape index (κ2) is 5.22. The van der Waals surface area contributed by atoms with Gasteiger partial charge < -0.3 is 10.1 Å². The molecule has 1 atom stereocenters. The van der Waals surface area contributed by atoms with Gasteiger partial charge in [-0.2, -0.15) is 13.9 Å². The van der Waals surface area contributed by atoms with Gasteiger partial charge in [0.25, 0.3) is 5.91 Å². The number of anilines is 1. The zero-order valence-electron chi connectivity index (χ0n) is 9.10. The van der Waals surface area contributed by atoms with Gasteiger partial charge in [-0.25, -0.2) is 0 Å². The van der Waals surface area contributed by atoms with Crippen molar-refractivity contribution in [3.8, 4) is 0 Å². The zero-order valence-corrected chi connectivity index (χ0v) is 9.10. The molecule has 1 unspecified atom stereocenters. The van der Waals surface area contributed by atoms with Crippen molar-refractivity contribution in [1.82, 2.24) is 9.78 Å². The Morgan fingerprint density at radius 1 is 1.71 bits per heavy atom. The van der Waals surface area contributed by atoms with Crippen molar-refractivity contribution in [2.75, 3.05) is 11.9 Å². The van der Waals surface area contributed by atoms with E-state index in [1.54, 1.807) is 4.68 Å². The summed E-state index contributed by atoms with van der Waals surface area (Å²) >= 11 is 0. The molecule has 5 nitrogen and oxygen atoms in total. The Morgan fingerprint density at radius 2 is 2.53 bits per heavy atom. The Bertz CT molecular complexity index is 389. The van der Waals surface area contributed by atoms with Crippen LogP contribution in [-0.4, -0.2) is 34.8 Å². The van der Waals surface area contributed by atoms with Gasteiger partial charge in [0.15, 0.2) is 0 Å². The van der Waals surface area contributed by atoms with Gasteiger partial charge in [0.05, 0.1) is 24.5 Å². The third-order valence-electron chi connectivity index (χ3n) is 2.51. The van der Waals surface area contributed by atoms with E-state index in [0.29, 0.717) is 6.54 Å². The lowest BCUT2D eigenvalue weighted by atomic mass is 10.2. The van der Waals surface area contributed by atoms with Gasteiger partial charge in [-0.1, -0.05) is 0 Å². The number of hydrogen-bond acceptors (Lipinski definition) is 3. The molecule has 2 heterocycles. The first-order chi connectivity index (χ1) is 8.15. The Balaban J connectivity index is 1.89. The number of carbonyl (C=O) groups is 1. The Hall–Kier alpha value is -1.50. The highest BCUT2D eigenvalue weighted by atomic mass is 19.3. The maximum atomic E-state index is 12.0. The average molecular weight is 245 g/mol. The van der Waals surface area contributed by atoms with E-state index < -0.39 is 12.3 Å². The van der Waals surface area contributed by atoms with Crippen molar-refractivity contribution >= 4 is 11.6 Å². The summed E-state index contributed by atoms with van der Waals surface area (Å²) in [4.78, 5) is 10.7. The van der Waals surface area contributed by atoms with Gasteiger partial charge in [-0.15, -0.1) is 0 Å². The average Bonchev–Trinajstić information content (AvgIpc) is 2.91. The summed E-state index contributed by atoms with van der Waals surface area (Å²) in [6.07, 6.45) is 1.96. The van der Waals surface area contributed by atoms with E-state index in [-0.39, 0.29) is 11.8 Å². The van der Waals surface area contributed by atoms with Crippen LogP contribution in [0.15, 0.2) is 12.4 Å². The highest BCUT2D eigenvalue weighted by Crippen LogP contribution is 2.15. The van der Waals surface area contributed by atoms with Crippen molar-refractivity contribution in [2.24, 2.45) is 0 Å². The quantitative estimate of drug-likeness (QED) is 0.869.